The van der Waals surface area contributed by atoms with Crippen LogP contribution in [0.3, 0.4) is 0 Å². The van der Waals surface area contributed by atoms with E-state index in [4.69, 9.17) is 19.2 Å². The van der Waals surface area contributed by atoms with Gasteiger partial charge in [0, 0.05) is 5.56 Å². The van der Waals surface area contributed by atoms with Gasteiger partial charge in [0.1, 0.15) is 11.4 Å². The second-order valence-corrected chi connectivity index (χ2v) is 9.72. The summed E-state index contributed by atoms with van der Waals surface area (Å²) in [6, 6.07) is 4.90. The quantitative estimate of drug-likeness (QED) is 0.275. The van der Waals surface area contributed by atoms with Crippen LogP contribution in [0.25, 0.3) is 0 Å². The van der Waals surface area contributed by atoms with Crippen LogP contribution in [0.1, 0.15) is 82.6 Å². The Kier molecular flexibility index (Phi) is 10.1. The average molecular weight is 502 g/mol. The van der Waals surface area contributed by atoms with Crippen molar-refractivity contribution in [1.82, 2.24) is 10.2 Å². The minimum absolute atomic E-state index is 0.0418. The number of esters is 1. The fourth-order valence-corrected chi connectivity index (χ4v) is 3.99. The third kappa shape index (κ3) is 7.83. The molecule has 1 unspecified atom stereocenters. The van der Waals surface area contributed by atoms with Gasteiger partial charge in [-0.25, -0.2) is 14.6 Å². The van der Waals surface area contributed by atoms with Crippen molar-refractivity contribution in [3.63, 3.8) is 0 Å². The van der Waals surface area contributed by atoms with Crippen LogP contribution in [0.4, 0.5) is 4.79 Å². The zero-order valence-electron chi connectivity index (χ0n) is 22.3. The predicted molar refractivity (Wildman–Crippen MR) is 138 cm³/mol. The van der Waals surface area contributed by atoms with E-state index in [1.807, 2.05) is 19.9 Å². The number of nitrogens with one attached hydrogen (secondary N) is 1. The van der Waals surface area contributed by atoms with Crippen molar-refractivity contribution in [3.05, 3.63) is 42.0 Å². The van der Waals surface area contributed by atoms with Crippen LogP contribution in [-0.4, -0.2) is 53.7 Å². The molecule has 1 N–H and O–H groups in total. The molecule has 1 aliphatic heterocycles. The van der Waals surface area contributed by atoms with Crippen LogP contribution in [0.15, 0.2) is 35.8 Å². The Morgan fingerprint density at radius 3 is 2.58 bits per heavy atom. The van der Waals surface area contributed by atoms with Gasteiger partial charge in [0.25, 0.3) is 0 Å². The molecular formula is C27H39N3O6. The molecule has 0 saturated carbocycles. The summed E-state index contributed by atoms with van der Waals surface area (Å²) in [6.45, 7) is 13.3. The number of ether oxygens (including phenoxy) is 3. The first-order valence-electron chi connectivity index (χ1n) is 12.3. The lowest BCUT2D eigenvalue weighted by atomic mass is 9.85. The highest BCUT2D eigenvalue weighted by atomic mass is 16.6. The van der Waals surface area contributed by atoms with E-state index in [2.05, 4.69) is 11.9 Å². The van der Waals surface area contributed by atoms with Crippen molar-refractivity contribution < 1.29 is 28.6 Å². The first kappa shape index (κ1) is 28.9. The third-order valence-electron chi connectivity index (χ3n) is 5.81. The van der Waals surface area contributed by atoms with E-state index in [1.165, 1.54) is 12.0 Å². The number of benzene rings is 1. The number of rotatable bonds is 10. The van der Waals surface area contributed by atoms with Crippen molar-refractivity contribution >= 4 is 23.9 Å². The minimum Gasteiger partial charge on any atom is -0.494 e. The number of amides is 2. The van der Waals surface area contributed by atoms with Crippen LogP contribution in [0, 0.1) is 0 Å². The van der Waals surface area contributed by atoms with Gasteiger partial charge in [-0.05, 0) is 71.6 Å². The molecule has 0 spiro atoms. The molecule has 1 aliphatic rings. The van der Waals surface area contributed by atoms with Gasteiger partial charge in [-0.1, -0.05) is 13.0 Å². The number of allylic oxidation sites excluding steroid dienone is 1. The Morgan fingerprint density at radius 2 is 2.00 bits per heavy atom. The molecule has 9 nitrogen and oxygen atoms in total. The molecule has 36 heavy (non-hydrogen) atoms. The lowest BCUT2D eigenvalue weighted by molar-refractivity contribution is -0.130. The summed E-state index contributed by atoms with van der Waals surface area (Å²) in [6.07, 6.45) is 4.27. The number of carbonyl (C=O) groups is 3. The molecule has 0 saturated heterocycles. The Balaban J connectivity index is 2.50. The molecule has 0 radical (unpaired) electrons. The van der Waals surface area contributed by atoms with Gasteiger partial charge in [-0.2, -0.15) is 0 Å². The van der Waals surface area contributed by atoms with E-state index >= 15 is 0 Å². The van der Waals surface area contributed by atoms with E-state index in [0.29, 0.717) is 36.3 Å². The maximum absolute atomic E-state index is 13.5. The van der Waals surface area contributed by atoms with Crippen molar-refractivity contribution in [2.45, 2.75) is 84.4 Å². The molecule has 0 fully saturated rings. The molecule has 1 atom stereocenters. The summed E-state index contributed by atoms with van der Waals surface area (Å²) in [5.74, 6) is -0.0561. The first-order valence-corrected chi connectivity index (χ1v) is 12.3. The van der Waals surface area contributed by atoms with E-state index < -0.39 is 23.2 Å². The van der Waals surface area contributed by atoms with E-state index in [9.17, 15) is 14.4 Å². The van der Waals surface area contributed by atoms with Crippen LogP contribution in [0.5, 0.6) is 5.75 Å². The highest BCUT2D eigenvalue weighted by Crippen LogP contribution is 2.33. The molecule has 1 heterocycles. The van der Waals surface area contributed by atoms with Gasteiger partial charge in [-0.15, -0.1) is 6.58 Å². The normalized spacial score (nSPS) is 17.8. The predicted octanol–water partition coefficient (Wildman–Crippen LogP) is 4.99. The molecule has 0 bridgehead atoms. The van der Waals surface area contributed by atoms with Crippen LogP contribution >= 0.6 is 0 Å². The number of carbonyl (C=O) groups excluding carboxylic acids is 3. The van der Waals surface area contributed by atoms with Crippen molar-refractivity contribution in [3.8, 4) is 5.75 Å². The second kappa shape index (κ2) is 12.6. The number of hydrogen-bond donors (Lipinski definition) is 1. The zero-order valence-corrected chi connectivity index (χ0v) is 22.3. The summed E-state index contributed by atoms with van der Waals surface area (Å²) in [7, 11) is 1.30. The number of nitrogens with zero attached hydrogens (tertiary/aromatic N) is 2. The number of aliphatic imine (C=N–C) groups is 1. The minimum atomic E-state index is -0.725. The fraction of sp³-hybridized carbons (Fsp3) is 0.556. The third-order valence-corrected chi connectivity index (χ3v) is 5.81. The average Bonchev–Trinajstić information content (AvgIpc) is 2.80. The fourth-order valence-electron chi connectivity index (χ4n) is 3.99. The molecular weight excluding hydrogens is 462 g/mol. The zero-order chi connectivity index (χ0) is 26.9. The first-order chi connectivity index (χ1) is 17.0. The smallest absolute Gasteiger partial charge is 0.414 e. The van der Waals surface area contributed by atoms with Crippen LogP contribution in [0.2, 0.25) is 0 Å². The molecule has 9 heteroatoms. The van der Waals surface area contributed by atoms with Crippen LogP contribution in [-0.2, 0) is 20.8 Å². The highest BCUT2D eigenvalue weighted by molar-refractivity contribution is 6.05. The van der Waals surface area contributed by atoms with Crippen molar-refractivity contribution in [2.75, 3.05) is 13.7 Å². The molecule has 1 aromatic rings. The lowest BCUT2D eigenvalue weighted by Gasteiger charge is -2.38. The maximum atomic E-state index is 13.5. The highest BCUT2D eigenvalue weighted by Gasteiger charge is 2.40. The molecule has 1 aromatic carbocycles. The Morgan fingerprint density at radius 1 is 1.28 bits per heavy atom. The molecule has 2 amide bonds. The van der Waals surface area contributed by atoms with Crippen molar-refractivity contribution in [1.29, 1.82) is 0 Å². The Labute approximate surface area is 213 Å². The summed E-state index contributed by atoms with van der Waals surface area (Å²) >= 11 is 0. The largest absolute Gasteiger partial charge is 0.494 e. The second-order valence-electron chi connectivity index (χ2n) is 9.72. The van der Waals surface area contributed by atoms with Gasteiger partial charge in [-0.3, -0.25) is 15.0 Å². The standard InChI is InChI=1S/C27H39N3O6/c1-8-11-12-15-27(9-2)17-22(31)30(24(29-27)28-25(33)36-26(4,5)6)18-20-16-19(23(32)34-7)13-14-21(20)35-10-3/h8,13-14,16H,1,9-12,15,17-18H2,2-7H3,(H,28,29,33). The summed E-state index contributed by atoms with van der Waals surface area (Å²) in [4.78, 5) is 44.7. The Bertz CT molecular complexity index is 998. The van der Waals surface area contributed by atoms with Gasteiger partial charge in [0.2, 0.25) is 11.9 Å². The topological polar surface area (TPSA) is 107 Å². The van der Waals surface area contributed by atoms with Crippen LogP contribution < -0.4 is 10.1 Å². The SMILES string of the molecule is C=CCCCC1(CC)CC(=O)N(Cc2cc(C(=O)OC)ccc2OCC)C(NC(=O)OC(C)(C)C)=N1. The number of hydrogen-bond acceptors (Lipinski definition) is 7. The van der Waals surface area contributed by atoms with E-state index in [1.54, 1.807) is 39.0 Å². The Hall–Kier alpha value is -3.36. The monoisotopic (exact) mass is 501 g/mol. The molecule has 0 aromatic heterocycles. The van der Waals surface area contributed by atoms with Crippen molar-refractivity contribution in [2.24, 2.45) is 4.99 Å². The maximum Gasteiger partial charge on any atom is 0.414 e. The van der Waals surface area contributed by atoms with E-state index in [-0.39, 0.29) is 24.8 Å². The number of alkyl carbamates (subject to hydrolysis) is 1. The summed E-state index contributed by atoms with van der Waals surface area (Å²) < 4.78 is 16.0. The molecule has 0 aliphatic carbocycles. The lowest BCUT2D eigenvalue weighted by Crippen LogP contribution is -2.54. The number of methoxy groups -OCH3 is 1. The number of guanidine groups is 1. The van der Waals surface area contributed by atoms with E-state index in [0.717, 1.165) is 12.8 Å². The summed E-state index contributed by atoms with van der Waals surface area (Å²) in [5, 5.41) is 2.70. The van der Waals surface area contributed by atoms with Gasteiger partial charge in [0.05, 0.1) is 37.8 Å². The van der Waals surface area contributed by atoms with Gasteiger partial charge < -0.3 is 14.2 Å². The number of unbranched alkanes of at least 4 members (excludes halogenated alkanes) is 1. The van der Waals surface area contributed by atoms with Gasteiger partial charge in [0.15, 0.2) is 0 Å². The van der Waals surface area contributed by atoms with Gasteiger partial charge >= 0.3 is 12.1 Å². The molecule has 2 rings (SSSR count). The molecule has 198 valence electrons. The summed E-state index contributed by atoms with van der Waals surface area (Å²) in [5.41, 5.74) is -0.456.